The Kier molecular flexibility index (Phi) is 4.26. The van der Waals surface area contributed by atoms with E-state index in [1.165, 1.54) is 0 Å². The van der Waals surface area contributed by atoms with Crippen LogP contribution in [0.1, 0.15) is 36.5 Å². The normalized spacial score (nSPS) is 28.5. The van der Waals surface area contributed by atoms with Gasteiger partial charge in [0.25, 0.3) is 17.3 Å². The summed E-state index contributed by atoms with van der Waals surface area (Å²) >= 11 is 0. The highest BCUT2D eigenvalue weighted by Crippen LogP contribution is 2.49. The number of carbonyl (C=O) groups excluding carboxylic acids is 1. The van der Waals surface area contributed by atoms with Gasteiger partial charge in [0.15, 0.2) is 0 Å². The van der Waals surface area contributed by atoms with Crippen molar-refractivity contribution in [1.82, 2.24) is 5.01 Å². The minimum absolute atomic E-state index is 0.0726. The van der Waals surface area contributed by atoms with Crippen molar-refractivity contribution < 1.29 is 28.0 Å². The fourth-order valence-corrected chi connectivity index (χ4v) is 3.55. The molecule has 3 rings (SSSR count). The van der Waals surface area contributed by atoms with Crippen molar-refractivity contribution in [1.29, 1.82) is 0 Å². The molecule has 0 saturated heterocycles. The Hall–Kier alpha value is -2.49. The van der Waals surface area contributed by atoms with Crippen molar-refractivity contribution >= 4 is 17.3 Å². The van der Waals surface area contributed by atoms with E-state index in [2.05, 4.69) is 5.10 Å². The van der Waals surface area contributed by atoms with Crippen LogP contribution in [0.4, 0.5) is 18.9 Å². The van der Waals surface area contributed by atoms with Gasteiger partial charge in [-0.2, -0.15) is 23.3 Å². The van der Waals surface area contributed by atoms with Gasteiger partial charge in [0, 0.05) is 23.4 Å². The van der Waals surface area contributed by atoms with Crippen molar-refractivity contribution in [2.45, 2.75) is 38.1 Å². The van der Waals surface area contributed by atoms with Crippen molar-refractivity contribution in [2.24, 2.45) is 16.9 Å². The van der Waals surface area contributed by atoms with E-state index in [0.29, 0.717) is 12.8 Å². The third-order valence-corrected chi connectivity index (χ3v) is 4.95. The van der Waals surface area contributed by atoms with Crippen LogP contribution in [0.25, 0.3) is 0 Å². The van der Waals surface area contributed by atoms with Gasteiger partial charge in [-0.1, -0.05) is 13.3 Å². The molecule has 140 valence electrons. The van der Waals surface area contributed by atoms with Crippen LogP contribution >= 0.6 is 0 Å². The molecule has 7 nitrogen and oxygen atoms in total. The highest BCUT2D eigenvalue weighted by molar-refractivity contribution is 6.00. The summed E-state index contributed by atoms with van der Waals surface area (Å²) in [5.41, 5.74) is -3.79. The first-order valence-corrected chi connectivity index (χ1v) is 8.04. The van der Waals surface area contributed by atoms with E-state index in [0.717, 1.165) is 24.3 Å². The predicted octanol–water partition coefficient (Wildman–Crippen LogP) is 3.09. The Balaban J connectivity index is 2.02. The Morgan fingerprint density at radius 1 is 1.35 bits per heavy atom. The minimum Gasteiger partial charge on any atom is -0.362 e. The second-order valence-electron chi connectivity index (χ2n) is 6.55. The lowest BCUT2D eigenvalue weighted by molar-refractivity contribution is -0.384. The van der Waals surface area contributed by atoms with Gasteiger partial charge in [-0.3, -0.25) is 14.9 Å². The van der Waals surface area contributed by atoms with Gasteiger partial charge in [-0.15, -0.1) is 0 Å². The van der Waals surface area contributed by atoms with Gasteiger partial charge >= 0.3 is 6.18 Å². The molecule has 1 aliphatic carbocycles. The monoisotopic (exact) mass is 371 g/mol. The Morgan fingerprint density at radius 3 is 2.50 bits per heavy atom. The molecule has 1 amide bonds. The summed E-state index contributed by atoms with van der Waals surface area (Å²) in [7, 11) is 0. The van der Waals surface area contributed by atoms with Crippen LogP contribution in [0.2, 0.25) is 0 Å². The Morgan fingerprint density at radius 2 is 1.96 bits per heavy atom. The number of nitro groups is 1. The molecule has 0 bridgehead atoms. The first-order chi connectivity index (χ1) is 12.1. The number of hydrazone groups is 1. The standard InChI is InChI=1S/C16H16F3N3O4/c1-9-3-2-4-12-13(9)20-21(15(12,24)16(17,18)19)14(23)10-5-7-11(8-6-10)22(25)26/h5-9,12,24H,2-4H2,1H3. The maximum absolute atomic E-state index is 13.7. The lowest BCUT2D eigenvalue weighted by Gasteiger charge is -2.39. The fraction of sp³-hybridized carbons (Fsp3) is 0.500. The van der Waals surface area contributed by atoms with E-state index < -0.39 is 28.6 Å². The molecule has 1 aromatic carbocycles. The van der Waals surface area contributed by atoms with Crippen molar-refractivity contribution in [3.05, 3.63) is 39.9 Å². The van der Waals surface area contributed by atoms with Crippen molar-refractivity contribution in [3.63, 3.8) is 0 Å². The van der Waals surface area contributed by atoms with Crippen LogP contribution in [0.5, 0.6) is 0 Å². The van der Waals surface area contributed by atoms with E-state index in [-0.39, 0.29) is 34.3 Å². The molecular weight excluding hydrogens is 355 g/mol. The number of carbonyl (C=O) groups is 1. The lowest BCUT2D eigenvalue weighted by atomic mass is 9.75. The van der Waals surface area contributed by atoms with Crippen LogP contribution in [0.3, 0.4) is 0 Å². The molecule has 1 aliphatic heterocycles. The van der Waals surface area contributed by atoms with Crippen molar-refractivity contribution in [3.8, 4) is 0 Å². The maximum Gasteiger partial charge on any atom is 0.439 e. The number of non-ortho nitro benzene ring substituents is 1. The number of amides is 1. The number of hydrogen-bond donors (Lipinski definition) is 1. The average molecular weight is 371 g/mol. The van der Waals surface area contributed by atoms with Gasteiger partial charge in [-0.25, -0.2) is 0 Å². The summed E-state index contributed by atoms with van der Waals surface area (Å²) < 4.78 is 41.2. The van der Waals surface area contributed by atoms with Crippen LogP contribution < -0.4 is 0 Å². The first kappa shape index (κ1) is 18.3. The summed E-state index contributed by atoms with van der Waals surface area (Å²) in [6, 6.07) is 4.11. The van der Waals surface area contributed by atoms with E-state index in [1.807, 2.05) is 0 Å². The van der Waals surface area contributed by atoms with E-state index in [1.54, 1.807) is 6.92 Å². The van der Waals surface area contributed by atoms with E-state index >= 15 is 0 Å². The van der Waals surface area contributed by atoms with Crippen LogP contribution in [-0.4, -0.2) is 38.6 Å². The summed E-state index contributed by atoms with van der Waals surface area (Å²) in [5.74, 6) is -2.75. The zero-order chi connectivity index (χ0) is 19.3. The summed E-state index contributed by atoms with van der Waals surface area (Å²) in [6.07, 6.45) is -3.91. The number of alkyl halides is 3. The minimum atomic E-state index is -5.10. The molecule has 3 unspecified atom stereocenters. The number of halogens is 3. The highest BCUT2D eigenvalue weighted by atomic mass is 19.4. The number of nitro benzene ring substituents is 1. The van der Waals surface area contributed by atoms with E-state index in [4.69, 9.17) is 0 Å². The zero-order valence-corrected chi connectivity index (χ0v) is 13.7. The fourth-order valence-electron chi connectivity index (χ4n) is 3.55. The molecule has 1 N–H and O–H groups in total. The van der Waals surface area contributed by atoms with E-state index in [9.17, 15) is 33.2 Å². The highest BCUT2D eigenvalue weighted by Gasteiger charge is 2.69. The second kappa shape index (κ2) is 6.04. The summed E-state index contributed by atoms with van der Waals surface area (Å²) in [4.78, 5) is 22.6. The molecule has 26 heavy (non-hydrogen) atoms. The Labute approximate surface area is 146 Å². The molecule has 2 aliphatic rings. The summed E-state index contributed by atoms with van der Waals surface area (Å²) in [6.45, 7) is 1.71. The molecule has 1 aromatic rings. The molecule has 1 saturated carbocycles. The van der Waals surface area contributed by atoms with Gasteiger partial charge in [-0.05, 0) is 30.9 Å². The van der Waals surface area contributed by atoms with Crippen LogP contribution in [-0.2, 0) is 0 Å². The second-order valence-corrected chi connectivity index (χ2v) is 6.55. The molecule has 10 heteroatoms. The molecule has 3 atom stereocenters. The molecule has 0 spiro atoms. The van der Waals surface area contributed by atoms with Crippen LogP contribution in [0, 0.1) is 22.0 Å². The third kappa shape index (κ3) is 2.64. The SMILES string of the molecule is CC1CCCC2C1=NN(C(=O)c1ccc([N+](=O)[O-])cc1)C2(O)C(F)(F)F. The number of fused-ring (bicyclic) bond motifs is 1. The number of aliphatic hydroxyl groups is 1. The third-order valence-electron chi connectivity index (χ3n) is 4.95. The zero-order valence-electron chi connectivity index (χ0n) is 13.7. The van der Waals surface area contributed by atoms with Gasteiger partial charge < -0.3 is 5.11 Å². The lowest BCUT2D eigenvalue weighted by Crippen LogP contribution is -2.61. The molecular formula is C16H16F3N3O4. The Bertz CT molecular complexity index is 778. The molecule has 0 aromatic heterocycles. The number of hydrogen-bond acceptors (Lipinski definition) is 5. The first-order valence-electron chi connectivity index (χ1n) is 8.04. The number of rotatable bonds is 2. The summed E-state index contributed by atoms with van der Waals surface area (Å²) in [5, 5.41) is 25.1. The quantitative estimate of drug-likeness (QED) is 0.638. The van der Waals surface area contributed by atoms with Crippen LogP contribution in [0.15, 0.2) is 29.4 Å². The molecule has 0 radical (unpaired) electrons. The number of benzene rings is 1. The topological polar surface area (TPSA) is 96.0 Å². The average Bonchev–Trinajstić information content (AvgIpc) is 2.90. The van der Waals surface area contributed by atoms with Gasteiger partial charge in [0.2, 0.25) is 0 Å². The van der Waals surface area contributed by atoms with Gasteiger partial charge in [0.1, 0.15) is 0 Å². The smallest absolute Gasteiger partial charge is 0.362 e. The maximum atomic E-state index is 13.7. The van der Waals surface area contributed by atoms with Crippen molar-refractivity contribution in [2.75, 3.05) is 0 Å². The molecule has 1 fully saturated rings. The number of nitrogens with zero attached hydrogens (tertiary/aromatic N) is 3. The molecule has 1 heterocycles. The predicted molar refractivity (Wildman–Crippen MR) is 84.2 cm³/mol. The van der Waals surface area contributed by atoms with Gasteiger partial charge in [0.05, 0.1) is 10.8 Å². The largest absolute Gasteiger partial charge is 0.439 e.